The van der Waals surface area contributed by atoms with Gasteiger partial charge in [0, 0.05) is 51.9 Å². The van der Waals surface area contributed by atoms with Gasteiger partial charge in [-0.2, -0.15) is 10.2 Å². The Morgan fingerprint density at radius 3 is 2.68 bits per heavy atom. The van der Waals surface area contributed by atoms with Crippen molar-refractivity contribution < 1.29 is 0 Å². The fourth-order valence-electron chi connectivity index (χ4n) is 4.52. The van der Waals surface area contributed by atoms with Gasteiger partial charge in [-0.05, 0) is 33.0 Å². The molecule has 0 aliphatic carbocycles. The van der Waals surface area contributed by atoms with Gasteiger partial charge in [0.1, 0.15) is 0 Å². The Labute approximate surface area is 204 Å². The average molecular weight is 481 g/mol. The van der Waals surface area contributed by atoms with Crippen molar-refractivity contribution in [2.24, 2.45) is 0 Å². The Hall–Kier alpha value is -3.13. The maximum absolute atomic E-state index is 9.65. The maximum Gasteiger partial charge on any atom is 0.247 e. The number of benzene rings is 1. The summed E-state index contributed by atoms with van der Waals surface area (Å²) in [6, 6.07) is 6.38. The van der Waals surface area contributed by atoms with Crippen LogP contribution < -0.4 is 15.5 Å². The first-order chi connectivity index (χ1) is 16.5. The summed E-state index contributed by atoms with van der Waals surface area (Å²) >= 11 is 6.85. The van der Waals surface area contributed by atoms with Crippen molar-refractivity contribution in [3.63, 3.8) is 0 Å². The van der Waals surface area contributed by atoms with Gasteiger partial charge >= 0.3 is 0 Å². The summed E-state index contributed by atoms with van der Waals surface area (Å²) < 4.78 is 1.74. The number of aromatic nitrogens is 4. The van der Waals surface area contributed by atoms with Crippen LogP contribution in [0, 0.1) is 18.3 Å². The van der Waals surface area contributed by atoms with Crippen LogP contribution in [-0.4, -0.2) is 88.3 Å². The highest BCUT2D eigenvalue weighted by molar-refractivity contribution is 6.36. The number of rotatable bonds is 6. The molecule has 2 aliphatic rings. The number of anilines is 4. The van der Waals surface area contributed by atoms with Crippen molar-refractivity contribution >= 4 is 40.4 Å². The number of imidazole rings is 1. The molecule has 2 aromatic heterocycles. The third kappa shape index (κ3) is 4.22. The Morgan fingerprint density at radius 1 is 1.21 bits per heavy atom. The van der Waals surface area contributed by atoms with E-state index >= 15 is 0 Å². The number of nitrogens with one attached hydrogen (secondary N) is 2. The van der Waals surface area contributed by atoms with Crippen LogP contribution in [0.2, 0.25) is 5.02 Å². The summed E-state index contributed by atoms with van der Waals surface area (Å²) in [5.74, 6) is 1.02. The van der Waals surface area contributed by atoms with Gasteiger partial charge in [-0.3, -0.25) is 4.90 Å². The zero-order chi connectivity index (χ0) is 23.8. The van der Waals surface area contributed by atoms with Gasteiger partial charge < -0.3 is 20.4 Å². The van der Waals surface area contributed by atoms with Crippen molar-refractivity contribution in [2.45, 2.75) is 19.9 Å². The molecule has 34 heavy (non-hydrogen) atoms. The van der Waals surface area contributed by atoms with E-state index in [4.69, 9.17) is 11.6 Å². The third-order valence-corrected chi connectivity index (χ3v) is 6.96. The van der Waals surface area contributed by atoms with E-state index < -0.39 is 0 Å². The van der Waals surface area contributed by atoms with Gasteiger partial charge in [-0.15, -0.1) is 5.10 Å². The lowest BCUT2D eigenvalue weighted by Gasteiger charge is -2.49. The molecule has 0 bridgehead atoms. The molecule has 4 heterocycles. The number of likely N-dealkylation sites (N-methyl/N-ethyl adjacent to an activating group) is 1. The first-order valence-electron chi connectivity index (χ1n) is 11.6. The number of nitrogens with zero attached hydrogens (tertiary/aromatic N) is 8. The summed E-state index contributed by atoms with van der Waals surface area (Å²) in [5, 5.41) is 21.3. The van der Waals surface area contributed by atoms with Crippen LogP contribution in [0.3, 0.4) is 0 Å². The molecule has 0 radical (unpaired) electrons. The van der Waals surface area contributed by atoms with E-state index in [0.29, 0.717) is 46.3 Å². The van der Waals surface area contributed by atoms with Gasteiger partial charge in [-0.1, -0.05) is 11.6 Å². The molecule has 11 heteroatoms. The third-order valence-electron chi connectivity index (χ3n) is 6.56. The number of nitriles is 1. The molecule has 5 rings (SSSR count). The molecular formula is C23H29ClN10. The monoisotopic (exact) mass is 480 g/mol. The quantitative estimate of drug-likeness (QED) is 0.551. The summed E-state index contributed by atoms with van der Waals surface area (Å²) in [4.78, 5) is 16.2. The molecule has 1 aromatic carbocycles. The molecule has 0 unspecified atom stereocenters. The number of hydrogen-bond acceptors (Lipinski definition) is 9. The van der Waals surface area contributed by atoms with E-state index in [1.807, 2.05) is 19.9 Å². The van der Waals surface area contributed by atoms with Gasteiger partial charge in [0.25, 0.3) is 0 Å². The van der Waals surface area contributed by atoms with Gasteiger partial charge in [-0.25, -0.2) is 9.50 Å². The smallest absolute Gasteiger partial charge is 0.247 e. The van der Waals surface area contributed by atoms with Gasteiger partial charge in [0.05, 0.1) is 39.9 Å². The molecule has 2 saturated heterocycles. The van der Waals surface area contributed by atoms with Crippen LogP contribution in [-0.2, 0) is 0 Å². The number of piperazine rings is 1. The van der Waals surface area contributed by atoms with E-state index in [1.54, 1.807) is 16.8 Å². The lowest BCUT2D eigenvalue weighted by molar-refractivity contribution is 0.0963. The van der Waals surface area contributed by atoms with E-state index in [2.05, 4.69) is 53.5 Å². The van der Waals surface area contributed by atoms with Crippen molar-refractivity contribution in [1.82, 2.24) is 29.4 Å². The highest BCUT2D eigenvalue weighted by atomic mass is 35.5. The summed E-state index contributed by atoms with van der Waals surface area (Å²) in [7, 11) is 2.17. The van der Waals surface area contributed by atoms with Crippen molar-refractivity contribution in [1.29, 1.82) is 5.26 Å². The Bertz CT molecular complexity index is 1230. The van der Waals surface area contributed by atoms with Crippen LogP contribution in [0.15, 0.2) is 18.3 Å². The second kappa shape index (κ2) is 9.25. The summed E-state index contributed by atoms with van der Waals surface area (Å²) in [5.41, 5.74) is 3.57. The zero-order valence-corrected chi connectivity index (χ0v) is 20.5. The Balaban J connectivity index is 1.40. The van der Waals surface area contributed by atoms with Crippen molar-refractivity contribution in [3.8, 4) is 6.07 Å². The highest BCUT2D eigenvalue weighted by Crippen LogP contribution is 2.38. The normalized spacial score (nSPS) is 17.6. The number of halogens is 1. The summed E-state index contributed by atoms with van der Waals surface area (Å²) in [6.45, 7) is 10.8. The second-order valence-corrected chi connectivity index (χ2v) is 9.32. The molecule has 0 spiro atoms. The van der Waals surface area contributed by atoms with Gasteiger partial charge in [0.2, 0.25) is 5.95 Å². The van der Waals surface area contributed by atoms with E-state index in [0.717, 1.165) is 50.6 Å². The Morgan fingerprint density at radius 2 is 1.97 bits per heavy atom. The van der Waals surface area contributed by atoms with E-state index in [9.17, 15) is 5.26 Å². The SMILES string of the molecule is CCNc1nc(Nc2cc(C#N)cc(N3CC(N4CCN(C)CC4)C3)c2Cl)nn2c(C)cnc12. The number of aryl methyl sites for hydroxylation is 1. The van der Waals surface area contributed by atoms with Crippen LogP contribution in [0.1, 0.15) is 18.2 Å². The first kappa shape index (κ1) is 22.7. The first-order valence-corrected chi connectivity index (χ1v) is 12.0. The van der Waals surface area contributed by atoms with E-state index in [1.165, 1.54) is 0 Å². The van der Waals surface area contributed by atoms with E-state index in [-0.39, 0.29) is 0 Å². The van der Waals surface area contributed by atoms with Crippen molar-refractivity contribution in [2.75, 3.05) is 68.4 Å². The standard InChI is InChI=1S/C23H29ClN10/c1-4-26-21-22-27-12-15(2)34(22)30-23(29-21)28-18-9-16(11-25)10-19(20(18)24)33-13-17(14-33)32-7-5-31(3)6-8-32/h9-10,12,17H,4-8,13-14H2,1-3H3,(H2,26,28,29,30). The summed E-state index contributed by atoms with van der Waals surface area (Å²) in [6.07, 6.45) is 1.76. The molecule has 2 aliphatic heterocycles. The average Bonchev–Trinajstić information content (AvgIpc) is 3.17. The molecule has 0 atom stereocenters. The fourth-order valence-corrected chi connectivity index (χ4v) is 4.79. The topological polar surface area (TPSA) is 101 Å². The Kier molecular flexibility index (Phi) is 6.16. The minimum absolute atomic E-state index is 0.381. The molecule has 0 saturated carbocycles. The molecule has 10 nitrogen and oxygen atoms in total. The molecule has 178 valence electrons. The fraction of sp³-hybridized carbons (Fsp3) is 0.478. The second-order valence-electron chi connectivity index (χ2n) is 8.94. The number of fused-ring (bicyclic) bond motifs is 1. The predicted octanol–water partition coefficient (Wildman–Crippen LogP) is 2.57. The lowest BCUT2D eigenvalue weighted by atomic mass is 10.0. The minimum atomic E-state index is 0.381. The zero-order valence-electron chi connectivity index (χ0n) is 19.7. The number of hydrogen-bond donors (Lipinski definition) is 2. The molecule has 3 aromatic rings. The van der Waals surface area contributed by atoms with Crippen molar-refractivity contribution in [3.05, 3.63) is 34.6 Å². The van der Waals surface area contributed by atoms with Crippen LogP contribution in [0.5, 0.6) is 0 Å². The largest absolute Gasteiger partial charge is 0.367 e. The minimum Gasteiger partial charge on any atom is -0.367 e. The van der Waals surface area contributed by atoms with Crippen LogP contribution in [0.4, 0.5) is 23.1 Å². The molecule has 2 N–H and O–H groups in total. The van der Waals surface area contributed by atoms with Gasteiger partial charge in [0.15, 0.2) is 11.5 Å². The molecular weight excluding hydrogens is 452 g/mol. The van der Waals surface area contributed by atoms with Crippen LogP contribution >= 0.6 is 11.6 Å². The lowest BCUT2D eigenvalue weighted by Crippen LogP contribution is -2.63. The molecule has 0 amide bonds. The molecule has 2 fully saturated rings. The predicted molar refractivity (Wildman–Crippen MR) is 134 cm³/mol. The maximum atomic E-state index is 9.65. The van der Waals surface area contributed by atoms with Crippen LogP contribution in [0.25, 0.3) is 5.65 Å². The highest BCUT2D eigenvalue weighted by Gasteiger charge is 2.34.